The number of nitriles is 1. The molecule has 2 rings (SSSR count). The number of rotatable bonds is 4. The maximum atomic E-state index is 11.8. The first-order valence-corrected chi connectivity index (χ1v) is 5.91. The van der Waals surface area contributed by atoms with E-state index in [1.54, 1.807) is 24.3 Å². The van der Waals surface area contributed by atoms with Crippen molar-refractivity contribution in [3.63, 3.8) is 0 Å². The molecule has 0 aliphatic carbocycles. The zero-order valence-electron chi connectivity index (χ0n) is 10.5. The fraction of sp³-hybridized carbons (Fsp3) is 0.231. The molecule has 0 radical (unpaired) electrons. The molecule has 0 spiro atoms. The lowest BCUT2D eigenvalue weighted by atomic mass is 10.1. The molecular formula is C13H13N5O. The molecule has 2 N–H and O–H groups in total. The Kier molecular flexibility index (Phi) is 3.88. The van der Waals surface area contributed by atoms with Crippen molar-refractivity contribution in [1.82, 2.24) is 15.2 Å². The average molecular weight is 255 g/mol. The molecule has 0 bridgehead atoms. The van der Waals surface area contributed by atoms with Gasteiger partial charge in [0, 0.05) is 12.1 Å². The highest BCUT2D eigenvalue weighted by Crippen LogP contribution is 2.10. The predicted molar refractivity (Wildman–Crippen MR) is 69.5 cm³/mol. The van der Waals surface area contributed by atoms with Crippen molar-refractivity contribution in [3.8, 4) is 6.07 Å². The van der Waals surface area contributed by atoms with Crippen molar-refractivity contribution >= 4 is 11.6 Å². The van der Waals surface area contributed by atoms with Crippen molar-refractivity contribution in [1.29, 1.82) is 5.26 Å². The van der Waals surface area contributed by atoms with Crippen LogP contribution in [0.4, 0.5) is 5.69 Å². The van der Waals surface area contributed by atoms with Crippen LogP contribution in [-0.4, -0.2) is 21.1 Å². The van der Waals surface area contributed by atoms with E-state index >= 15 is 0 Å². The number of nitrogens with zero attached hydrogens (tertiary/aromatic N) is 3. The molecule has 6 heteroatoms. The first-order chi connectivity index (χ1) is 9.22. The van der Waals surface area contributed by atoms with E-state index in [9.17, 15) is 4.79 Å². The Balaban J connectivity index is 2.04. The van der Waals surface area contributed by atoms with Crippen LogP contribution < -0.4 is 5.32 Å². The normalized spacial score (nSPS) is 9.89. The molecular weight excluding hydrogens is 242 g/mol. The Morgan fingerprint density at radius 3 is 2.74 bits per heavy atom. The first-order valence-electron chi connectivity index (χ1n) is 5.91. The smallest absolute Gasteiger partial charge is 0.295 e. The molecule has 1 amide bonds. The zero-order chi connectivity index (χ0) is 13.7. The lowest BCUT2D eigenvalue weighted by molar-refractivity contribution is 0.101. The van der Waals surface area contributed by atoms with Gasteiger partial charge in [0.2, 0.25) is 5.82 Å². The standard InChI is InChI=1S/C13H13N5O/c1-2-11-16-12(18-17-11)13(19)15-10-5-3-9(4-6-10)7-8-14/h3-6H,2,7H2,1H3,(H,15,19)(H,16,17,18). The molecule has 1 aromatic heterocycles. The van der Waals surface area contributed by atoms with Gasteiger partial charge in [0.25, 0.3) is 5.91 Å². The third-order valence-corrected chi connectivity index (χ3v) is 2.56. The molecule has 1 aromatic carbocycles. The van der Waals surface area contributed by atoms with Gasteiger partial charge in [0.05, 0.1) is 12.5 Å². The Bertz CT molecular complexity index is 609. The minimum absolute atomic E-state index is 0.123. The summed E-state index contributed by atoms with van der Waals surface area (Å²) in [5.41, 5.74) is 1.56. The van der Waals surface area contributed by atoms with Gasteiger partial charge in [-0.1, -0.05) is 19.1 Å². The molecule has 0 unspecified atom stereocenters. The minimum atomic E-state index is -0.357. The molecule has 0 saturated heterocycles. The third kappa shape index (κ3) is 3.16. The summed E-state index contributed by atoms with van der Waals surface area (Å²) in [6.45, 7) is 1.93. The number of nitrogens with one attached hydrogen (secondary N) is 2. The van der Waals surface area contributed by atoms with Crippen LogP contribution in [0.1, 0.15) is 28.9 Å². The van der Waals surface area contributed by atoms with E-state index in [2.05, 4.69) is 26.6 Å². The summed E-state index contributed by atoms with van der Waals surface area (Å²) in [5, 5.41) is 17.8. The van der Waals surface area contributed by atoms with Crippen LogP contribution in [-0.2, 0) is 12.8 Å². The van der Waals surface area contributed by atoms with Crippen LogP contribution in [0.5, 0.6) is 0 Å². The molecule has 0 aliphatic heterocycles. The van der Waals surface area contributed by atoms with Gasteiger partial charge in [-0.3, -0.25) is 9.89 Å². The van der Waals surface area contributed by atoms with Crippen LogP contribution >= 0.6 is 0 Å². The van der Waals surface area contributed by atoms with Crippen LogP contribution in [0.3, 0.4) is 0 Å². The van der Waals surface area contributed by atoms with Gasteiger partial charge in [0.1, 0.15) is 5.82 Å². The highest BCUT2D eigenvalue weighted by atomic mass is 16.2. The summed E-state index contributed by atoms with van der Waals surface area (Å²) >= 11 is 0. The number of hydrogen-bond donors (Lipinski definition) is 2. The van der Waals surface area contributed by atoms with Crippen molar-refractivity contribution in [2.45, 2.75) is 19.8 Å². The van der Waals surface area contributed by atoms with E-state index in [0.29, 0.717) is 24.4 Å². The Hall–Kier alpha value is -2.68. The second-order valence-electron chi connectivity index (χ2n) is 3.95. The predicted octanol–water partition coefficient (Wildman–Crippen LogP) is 1.69. The van der Waals surface area contributed by atoms with Gasteiger partial charge in [-0.25, -0.2) is 4.98 Å². The van der Waals surface area contributed by atoms with Crippen LogP contribution in [0, 0.1) is 11.3 Å². The molecule has 1 heterocycles. The van der Waals surface area contributed by atoms with Crippen LogP contribution in [0.2, 0.25) is 0 Å². The highest BCUT2D eigenvalue weighted by Gasteiger charge is 2.11. The summed E-state index contributed by atoms with van der Waals surface area (Å²) in [7, 11) is 0. The van der Waals surface area contributed by atoms with E-state index in [1.807, 2.05) is 6.92 Å². The first kappa shape index (κ1) is 12.8. The summed E-state index contributed by atoms with van der Waals surface area (Å²) in [4.78, 5) is 15.9. The summed E-state index contributed by atoms with van der Waals surface area (Å²) in [5.74, 6) is 0.441. The van der Waals surface area contributed by atoms with E-state index in [0.717, 1.165) is 5.56 Å². The molecule has 0 aliphatic rings. The Morgan fingerprint density at radius 2 is 2.16 bits per heavy atom. The summed E-state index contributed by atoms with van der Waals surface area (Å²) in [6.07, 6.45) is 1.05. The SMILES string of the molecule is CCc1nc(C(=O)Nc2ccc(CC#N)cc2)n[nH]1. The molecule has 0 fully saturated rings. The number of H-pyrrole nitrogens is 1. The zero-order valence-corrected chi connectivity index (χ0v) is 10.5. The number of aryl methyl sites for hydroxylation is 1. The van der Waals surface area contributed by atoms with Gasteiger partial charge in [0.15, 0.2) is 0 Å². The monoisotopic (exact) mass is 255 g/mol. The number of benzene rings is 1. The molecule has 96 valence electrons. The quantitative estimate of drug-likeness (QED) is 0.869. The maximum Gasteiger partial charge on any atom is 0.295 e. The van der Waals surface area contributed by atoms with Crippen LogP contribution in [0.25, 0.3) is 0 Å². The largest absolute Gasteiger partial charge is 0.319 e. The maximum absolute atomic E-state index is 11.8. The van der Waals surface area contributed by atoms with Gasteiger partial charge in [-0.2, -0.15) is 5.26 Å². The minimum Gasteiger partial charge on any atom is -0.319 e. The topological polar surface area (TPSA) is 94.5 Å². The fourth-order valence-electron chi connectivity index (χ4n) is 1.54. The molecule has 19 heavy (non-hydrogen) atoms. The van der Waals surface area contributed by atoms with Crippen molar-refractivity contribution in [2.75, 3.05) is 5.32 Å². The molecule has 0 atom stereocenters. The van der Waals surface area contributed by atoms with Crippen molar-refractivity contribution in [3.05, 3.63) is 41.5 Å². The fourth-order valence-corrected chi connectivity index (χ4v) is 1.54. The van der Waals surface area contributed by atoms with Crippen molar-refractivity contribution < 1.29 is 4.79 Å². The second kappa shape index (κ2) is 5.78. The second-order valence-corrected chi connectivity index (χ2v) is 3.95. The molecule has 0 saturated carbocycles. The molecule has 2 aromatic rings. The number of hydrogen-bond acceptors (Lipinski definition) is 4. The highest BCUT2D eigenvalue weighted by molar-refractivity contribution is 6.01. The Morgan fingerprint density at radius 1 is 1.42 bits per heavy atom. The number of carbonyl (C=O) groups excluding carboxylic acids is 1. The number of amides is 1. The van der Waals surface area contributed by atoms with Gasteiger partial charge in [-0.05, 0) is 17.7 Å². The van der Waals surface area contributed by atoms with E-state index in [-0.39, 0.29) is 11.7 Å². The van der Waals surface area contributed by atoms with E-state index < -0.39 is 0 Å². The number of aromatic nitrogens is 3. The van der Waals surface area contributed by atoms with Gasteiger partial charge >= 0.3 is 0 Å². The average Bonchev–Trinajstić information content (AvgIpc) is 2.90. The number of carbonyl (C=O) groups is 1. The van der Waals surface area contributed by atoms with E-state index in [4.69, 9.17) is 5.26 Å². The van der Waals surface area contributed by atoms with Gasteiger partial charge in [-0.15, -0.1) is 5.10 Å². The van der Waals surface area contributed by atoms with Crippen LogP contribution in [0.15, 0.2) is 24.3 Å². The summed E-state index contributed by atoms with van der Waals surface area (Å²) in [6, 6.07) is 9.16. The van der Waals surface area contributed by atoms with Gasteiger partial charge < -0.3 is 5.32 Å². The number of anilines is 1. The van der Waals surface area contributed by atoms with E-state index in [1.165, 1.54) is 0 Å². The lowest BCUT2D eigenvalue weighted by Gasteiger charge is -2.02. The van der Waals surface area contributed by atoms with Crippen molar-refractivity contribution in [2.24, 2.45) is 0 Å². The summed E-state index contributed by atoms with van der Waals surface area (Å²) < 4.78 is 0. The third-order valence-electron chi connectivity index (χ3n) is 2.56. The lowest BCUT2D eigenvalue weighted by Crippen LogP contribution is -2.13. The number of aromatic amines is 1. The molecule has 6 nitrogen and oxygen atoms in total. The Labute approximate surface area is 110 Å².